The highest BCUT2D eigenvalue weighted by molar-refractivity contribution is 7.40. The van der Waals surface area contributed by atoms with Gasteiger partial charge < -0.3 is 19.2 Å². The molecule has 0 fully saturated rings. The summed E-state index contributed by atoms with van der Waals surface area (Å²) in [5.41, 5.74) is 2.74. The van der Waals surface area contributed by atoms with E-state index in [1.54, 1.807) is 0 Å². The van der Waals surface area contributed by atoms with Gasteiger partial charge in [-0.1, -0.05) is 24.3 Å². The van der Waals surface area contributed by atoms with E-state index in [0.29, 0.717) is 0 Å². The molecule has 0 saturated carbocycles. The minimum absolute atomic E-state index is 1.37. The van der Waals surface area contributed by atoms with Crippen LogP contribution in [0, 0.1) is 13.8 Å². The molecule has 1 aromatic rings. The molecule has 1 rings (SSSR count). The Hall–Kier alpha value is -0.670. The Bertz CT molecular complexity index is 276. The first-order valence-corrected chi connectivity index (χ1v) is 5.02. The van der Waals surface area contributed by atoms with Gasteiger partial charge in [-0.2, -0.15) is 7.82 Å². The predicted molar refractivity (Wildman–Crippen MR) is 43.5 cm³/mol. The van der Waals surface area contributed by atoms with Crippen molar-refractivity contribution in [3.8, 4) is 0 Å². The van der Waals surface area contributed by atoms with Crippen LogP contribution in [0.25, 0.3) is 0 Å². The third kappa shape index (κ3) is 9.24. The first-order valence-electron chi connectivity index (χ1n) is 3.56. The Morgan fingerprint density at radius 2 is 1.23 bits per heavy atom. The maximum atomic E-state index is 8.55. The van der Waals surface area contributed by atoms with Gasteiger partial charge in [0.25, 0.3) is 0 Å². The Balaban J connectivity index is 0.000000252. The lowest BCUT2D eigenvalue weighted by Crippen LogP contribution is -2.24. The molecular weight excluding hydrogens is 191 g/mol. The lowest BCUT2D eigenvalue weighted by Gasteiger charge is -2.36. The minimum Gasteiger partial charge on any atom is -0.822 e. The number of hydrogen-bond donors (Lipinski definition) is 0. The van der Waals surface area contributed by atoms with Crippen LogP contribution in [0.3, 0.4) is 0 Å². The topological polar surface area (TPSA) is 86.2 Å². The van der Waals surface area contributed by atoms with Crippen molar-refractivity contribution in [3.05, 3.63) is 35.4 Å². The van der Waals surface area contributed by atoms with Crippen molar-refractivity contribution in [1.29, 1.82) is 0 Å². The normalized spacial score (nSPS) is 10.2. The molecule has 0 heterocycles. The molecule has 0 amide bonds. The molecule has 4 nitrogen and oxygen atoms in total. The van der Waals surface area contributed by atoms with E-state index < -0.39 is 7.82 Å². The van der Waals surface area contributed by atoms with Crippen molar-refractivity contribution < 1.29 is 19.2 Å². The van der Waals surface area contributed by atoms with E-state index in [1.165, 1.54) is 11.1 Å². The summed E-state index contributed by atoms with van der Waals surface area (Å²) in [6.45, 7) is 4.24. The summed E-state index contributed by atoms with van der Waals surface area (Å²) in [6.07, 6.45) is 0. The number of benzene rings is 1. The van der Waals surface area contributed by atoms with Crippen LogP contribution in [0.2, 0.25) is 0 Å². The number of rotatable bonds is 0. The average molecular weight is 201 g/mol. The van der Waals surface area contributed by atoms with Gasteiger partial charge in [0.1, 0.15) is 0 Å². The predicted octanol–water partition coefficient (Wildman–Crippen LogP) is -0.521. The van der Waals surface area contributed by atoms with Crippen molar-refractivity contribution in [2.24, 2.45) is 0 Å². The van der Waals surface area contributed by atoms with Gasteiger partial charge in [0, 0.05) is 0 Å². The van der Waals surface area contributed by atoms with E-state index >= 15 is 0 Å². The van der Waals surface area contributed by atoms with Crippen molar-refractivity contribution in [2.75, 3.05) is 0 Å². The second-order valence-corrected chi connectivity index (χ2v) is 3.43. The van der Waals surface area contributed by atoms with E-state index in [1.807, 2.05) is 0 Å². The Labute approximate surface area is 77.1 Å². The maximum absolute atomic E-state index is 8.55. The SMILES string of the molecule is Cc1ccccc1C.O=P([O-])([O-])[O-]. The highest BCUT2D eigenvalue weighted by atomic mass is 31.2. The van der Waals surface area contributed by atoms with E-state index in [9.17, 15) is 0 Å². The van der Waals surface area contributed by atoms with Gasteiger partial charge in [0.15, 0.2) is 0 Å². The van der Waals surface area contributed by atoms with Gasteiger partial charge in [-0.3, -0.25) is 0 Å². The first kappa shape index (κ1) is 12.3. The second kappa shape index (κ2) is 5.14. The van der Waals surface area contributed by atoms with Crippen LogP contribution >= 0.6 is 7.82 Å². The van der Waals surface area contributed by atoms with Gasteiger partial charge in [-0.15, -0.1) is 0 Å². The summed E-state index contributed by atoms with van der Waals surface area (Å²) in [5.74, 6) is 0. The molecule has 0 aliphatic heterocycles. The van der Waals surface area contributed by atoms with E-state index in [-0.39, 0.29) is 0 Å². The maximum Gasteiger partial charge on any atom is -0.0395 e. The molecule has 5 heteroatoms. The Morgan fingerprint density at radius 1 is 1.00 bits per heavy atom. The van der Waals surface area contributed by atoms with Crippen LogP contribution in [0.1, 0.15) is 11.1 Å². The number of phosphoric acid groups is 1. The molecule has 0 N–H and O–H groups in total. The fourth-order valence-electron chi connectivity index (χ4n) is 0.663. The summed E-state index contributed by atoms with van der Waals surface area (Å²) in [4.78, 5) is 25.6. The van der Waals surface area contributed by atoms with Crippen LogP contribution in [-0.4, -0.2) is 0 Å². The van der Waals surface area contributed by atoms with Crippen LogP contribution in [-0.2, 0) is 4.57 Å². The lowest BCUT2D eigenvalue weighted by atomic mass is 10.1. The van der Waals surface area contributed by atoms with Crippen LogP contribution < -0.4 is 14.7 Å². The van der Waals surface area contributed by atoms with Crippen LogP contribution in [0.4, 0.5) is 0 Å². The summed E-state index contributed by atoms with van der Waals surface area (Å²) < 4.78 is 8.55. The largest absolute Gasteiger partial charge is 0.822 e. The summed E-state index contributed by atoms with van der Waals surface area (Å²) in [7, 11) is -5.39. The zero-order valence-electron chi connectivity index (χ0n) is 7.39. The standard InChI is InChI=1S/C8H10.H3O4P/c1-7-5-3-4-6-8(7)2;1-5(2,3)4/h3-6H,1-2H3;(H3,1,2,3,4)/p-3. The van der Waals surface area contributed by atoms with E-state index in [0.717, 1.165) is 0 Å². The molecule has 0 bridgehead atoms. The van der Waals surface area contributed by atoms with Crippen molar-refractivity contribution in [1.82, 2.24) is 0 Å². The lowest BCUT2D eigenvalue weighted by molar-refractivity contribution is -0.432. The fourth-order valence-corrected chi connectivity index (χ4v) is 0.663. The quantitative estimate of drug-likeness (QED) is 0.528. The third-order valence-corrected chi connectivity index (χ3v) is 1.43. The van der Waals surface area contributed by atoms with Crippen LogP contribution in [0.5, 0.6) is 0 Å². The minimum atomic E-state index is -5.39. The second-order valence-electron chi connectivity index (χ2n) is 2.53. The molecule has 0 aliphatic rings. The van der Waals surface area contributed by atoms with E-state index in [4.69, 9.17) is 19.2 Å². The molecular formula is C8H10O4P-3. The fraction of sp³-hybridized carbons (Fsp3) is 0.250. The van der Waals surface area contributed by atoms with Gasteiger partial charge in [-0.05, 0) is 25.0 Å². The Kier molecular flexibility index (Phi) is 4.88. The molecule has 1 aromatic carbocycles. The highest BCUT2D eigenvalue weighted by Crippen LogP contribution is 2.03. The molecule has 0 radical (unpaired) electrons. The van der Waals surface area contributed by atoms with Crippen molar-refractivity contribution >= 4 is 7.82 Å². The molecule has 0 spiro atoms. The number of hydrogen-bond acceptors (Lipinski definition) is 4. The van der Waals surface area contributed by atoms with Crippen molar-refractivity contribution in [3.63, 3.8) is 0 Å². The molecule has 0 saturated heterocycles. The highest BCUT2D eigenvalue weighted by Gasteiger charge is 1.83. The smallest absolute Gasteiger partial charge is 0.0395 e. The third-order valence-electron chi connectivity index (χ3n) is 1.43. The van der Waals surface area contributed by atoms with Gasteiger partial charge >= 0.3 is 0 Å². The van der Waals surface area contributed by atoms with Gasteiger partial charge in [0.05, 0.1) is 0 Å². The number of aryl methyl sites for hydroxylation is 2. The Morgan fingerprint density at radius 3 is 1.38 bits per heavy atom. The summed E-state index contributed by atoms with van der Waals surface area (Å²) >= 11 is 0. The molecule has 0 atom stereocenters. The first-order chi connectivity index (χ1) is 5.80. The van der Waals surface area contributed by atoms with Gasteiger partial charge in [0.2, 0.25) is 0 Å². The molecule has 0 aliphatic carbocycles. The van der Waals surface area contributed by atoms with Crippen LogP contribution in [0.15, 0.2) is 24.3 Å². The van der Waals surface area contributed by atoms with E-state index in [2.05, 4.69) is 38.1 Å². The summed E-state index contributed by atoms with van der Waals surface area (Å²) in [6, 6.07) is 8.36. The molecule has 0 aromatic heterocycles. The molecule has 13 heavy (non-hydrogen) atoms. The van der Waals surface area contributed by atoms with Crippen molar-refractivity contribution in [2.45, 2.75) is 13.8 Å². The zero-order valence-corrected chi connectivity index (χ0v) is 8.28. The average Bonchev–Trinajstić information content (AvgIpc) is 1.92. The van der Waals surface area contributed by atoms with Gasteiger partial charge in [-0.25, -0.2) is 0 Å². The zero-order chi connectivity index (χ0) is 10.5. The monoisotopic (exact) mass is 201 g/mol. The summed E-state index contributed by atoms with van der Waals surface area (Å²) in [5, 5.41) is 0. The molecule has 0 unspecified atom stereocenters. The molecule has 74 valence electrons.